The monoisotopic (exact) mass is 217 g/mol. The largest absolute Gasteiger partial charge is 0.313 e. The first-order valence-electron chi connectivity index (χ1n) is 5.57. The maximum atomic E-state index is 8.71. The number of hydrogen-bond acceptors (Lipinski definition) is 3. The first kappa shape index (κ1) is 12.7. The van der Waals surface area contributed by atoms with Gasteiger partial charge in [-0.15, -0.1) is 0 Å². The van der Waals surface area contributed by atoms with Crippen molar-refractivity contribution in [3.63, 3.8) is 0 Å². The molecule has 0 radical (unpaired) electrons. The van der Waals surface area contributed by atoms with Crippen LogP contribution in [0.25, 0.3) is 0 Å². The molecule has 1 rings (SSSR count). The van der Waals surface area contributed by atoms with Gasteiger partial charge < -0.3 is 5.32 Å². The molecule has 0 aromatic carbocycles. The van der Waals surface area contributed by atoms with E-state index in [1.807, 2.05) is 18.2 Å². The molecule has 0 saturated carbocycles. The lowest BCUT2D eigenvalue weighted by Crippen LogP contribution is -2.20. The van der Waals surface area contributed by atoms with Crippen LogP contribution in [0.1, 0.15) is 38.4 Å². The molecule has 1 aromatic rings. The SMILES string of the molecule is CC(C)(C)CCNCc1ccnc(C#N)c1. The van der Waals surface area contributed by atoms with Crippen molar-refractivity contribution in [1.82, 2.24) is 10.3 Å². The fraction of sp³-hybridized carbons (Fsp3) is 0.538. The predicted octanol–water partition coefficient (Wildman–Crippen LogP) is 2.48. The van der Waals surface area contributed by atoms with E-state index in [0.29, 0.717) is 11.1 Å². The van der Waals surface area contributed by atoms with E-state index in [0.717, 1.165) is 25.1 Å². The van der Waals surface area contributed by atoms with Crippen molar-refractivity contribution in [3.05, 3.63) is 29.6 Å². The lowest BCUT2D eigenvalue weighted by molar-refractivity contribution is 0.366. The maximum absolute atomic E-state index is 8.71. The molecular weight excluding hydrogens is 198 g/mol. The van der Waals surface area contributed by atoms with Crippen LogP contribution >= 0.6 is 0 Å². The highest BCUT2D eigenvalue weighted by Gasteiger charge is 2.08. The van der Waals surface area contributed by atoms with Crippen LogP contribution in [0.4, 0.5) is 0 Å². The van der Waals surface area contributed by atoms with Crippen LogP contribution in [0.2, 0.25) is 0 Å². The minimum absolute atomic E-state index is 0.364. The third-order valence-electron chi connectivity index (χ3n) is 2.32. The van der Waals surface area contributed by atoms with Gasteiger partial charge in [0.25, 0.3) is 0 Å². The Morgan fingerprint density at radius 3 is 2.81 bits per heavy atom. The second kappa shape index (κ2) is 5.62. The van der Waals surface area contributed by atoms with Crippen molar-refractivity contribution < 1.29 is 0 Å². The molecule has 1 aromatic heterocycles. The summed E-state index contributed by atoms with van der Waals surface area (Å²) in [5.41, 5.74) is 1.96. The number of nitriles is 1. The van der Waals surface area contributed by atoms with Crippen LogP contribution in [0.15, 0.2) is 18.3 Å². The summed E-state index contributed by atoms with van der Waals surface area (Å²) in [6.45, 7) is 8.49. The smallest absolute Gasteiger partial charge is 0.140 e. The Labute approximate surface area is 97.5 Å². The van der Waals surface area contributed by atoms with Crippen LogP contribution in [-0.2, 0) is 6.54 Å². The summed E-state index contributed by atoms with van der Waals surface area (Å²) in [7, 11) is 0. The van der Waals surface area contributed by atoms with Crippen LogP contribution in [0, 0.1) is 16.7 Å². The van der Waals surface area contributed by atoms with E-state index in [-0.39, 0.29) is 0 Å². The zero-order valence-electron chi connectivity index (χ0n) is 10.2. The van der Waals surface area contributed by atoms with Gasteiger partial charge in [-0.2, -0.15) is 5.26 Å². The summed E-state index contributed by atoms with van der Waals surface area (Å²) >= 11 is 0. The molecular formula is C13H19N3. The lowest BCUT2D eigenvalue weighted by Gasteiger charge is -2.18. The summed E-state index contributed by atoms with van der Waals surface area (Å²) in [4.78, 5) is 3.94. The Morgan fingerprint density at radius 1 is 1.44 bits per heavy atom. The second-order valence-corrected chi connectivity index (χ2v) is 5.15. The van der Waals surface area contributed by atoms with Gasteiger partial charge in [-0.05, 0) is 36.1 Å². The number of aromatic nitrogens is 1. The molecule has 3 nitrogen and oxygen atoms in total. The normalized spacial score (nSPS) is 11.1. The standard InChI is InChI=1S/C13H19N3/c1-13(2,3)5-7-15-10-11-4-6-16-12(8-11)9-14/h4,6,8,15H,5,7,10H2,1-3H3. The van der Waals surface area contributed by atoms with E-state index in [4.69, 9.17) is 5.26 Å². The maximum Gasteiger partial charge on any atom is 0.140 e. The minimum Gasteiger partial charge on any atom is -0.313 e. The Morgan fingerprint density at radius 2 is 2.19 bits per heavy atom. The number of pyridine rings is 1. The molecule has 0 aliphatic heterocycles. The summed E-state index contributed by atoms with van der Waals surface area (Å²) in [6.07, 6.45) is 2.82. The van der Waals surface area contributed by atoms with Crippen molar-refractivity contribution in [3.8, 4) is 6.07 Å². The molecule has 1 N–H and O–H groups in total. The highest BCUT2D eigenvalue weighted by atomic mass is 14.8. The molecule has 3 heteroatoms. The van der Waals surface area contributed by atoms with Crippen LogP contribution in [0.3, 0.4) is 0 Å². The van der Waals surface area contributed by atoms with Gasteiger partial charge in [0, 0.05) is 12.7 Å². The number of rotatable bonds is 4. The van der Waals surface area contributed by atoms with Crippen molar-refractivity contribution in [1.29, 1.82) is 5.26 Å². The summed E-state index contributed by atoms with van der Waals surface area (Å²) in [5.74, 6) is 0. The molecule has 0 aliphatic carbocycles. The summed E-state index contributed by atoms with van der Waals surface area (Å²) in [5, 5.41) is 12.1. The molecule has 0 atom stereocenters. The molecule has 0 unspecified atom stereocenters. The molecule has 0 amide bonds. The quantitative estimate of drug-likeness (QED) is 0.788. The van der Waals surface area contributed by atoms with E-state index in [2.05, 4.69) is 31.1 Å². The summed E-state index contributed by atoms with van der Waals surface area (Å²) in [6, 6.07) is 5.80. The van der Waals surface area contributed by atoms with Gasteiger partial charge in [0.2, 0.25) is 0 Å². The van der Waals surface area contributed by atoms with Crippen molar-refractivity contribution in [2.45, 2.75) is 33.7 Å². The fourth-order valence-corrected chi connectivity index (χ4v) is 1.34. The van der Waals surface area contributed by atoms with Gasteiger partial charge in [0.15, 0.2) is 0 Å². The van der Waals surface area contributed by atoms with Gasteiger partial charge in [0.05, 0.1) is 0 Å². The van der Waals surface area contributed by atoms with E-state index >= 15 is 0 Å². The molecule has 1 heterocycles. The van der Waals surface area contributed by atoms with Crippen LogP contribution < -0.4 is 5.32 Å². The van der Waals surface area contributed by atoms with Crippen LogP contribution in [0.5, 0.6) is 0 Å². The zero-order valence-corrected chi connectivity index (χ0v) is 10.2. The van der Waals surface area contributed by atoms with Gasteiger partial charge in [-0.3, -0.25) is 0 Å². The van der Waals surface area contributed by atoms with Crippen molar-refractivity contribution >= 4 is 0 Å². The van der Waals surface area contributed by atoms with Gasteiger partial charge in [-0.25, -0.2) is 4.98 Å². The third-order valence-corrected chi connectivity index (χ3v) is 2.32. The highest BCUT2D eigenvalue weighted by Crippen LogP contribution is 2.17. The third kappa shape index (κ3) is 4.90. The predicted molar refractivity (Wildman–Crippen MR) is 64.7 cm³/mol. The molecule has 0 spiro atoms. The molecule has 0 bridgehead atoms. The van der Waals surface area contributed by atoms with Gasteiger partial charge in [0.1, 0.15) is 11.8 Å². The number of nitrogens with zero attached hydrogens (tertiary/aromatic N) is 2. The topological polar surface area (TPSA) is 48.7 Å². The number of nitrogens with one attached hydrogen (secondary N) is 1. The second-order valence-electron chi connectivity index (χ2n) is 5.15. The molecule has 0 saturated heterocycles. The molecule has 86 valence electrons. The van der Waals surface area contributed by atoms with E-state index in [9.17, 15) is 0 Å². The minimum atomic E-state index is 0.364. The van der Waals surface area contributed by atoms with E-state index in [1.54, 1.807) is 6.20 Å². The first-order chi connectivity index (χ1) is 7.51. The Bertz CT molecular complexity index is 371. The lowest BCUT2D eigenvalue weighted by atomic mass is 9.92. The molecule has 16 heavy (non-hydrogen) atoms. The van der Waals surface area contributed by atoms with Gasteiger partial charge >= 0.3 is 0 Å². The van der Waals surface area contributed by atoms with Crippen LogP contribution in [-0.4, -0.2) is 11.5 Å². The Hall–Kier alpha value is -1.40. The van der Waals surface area contributed by atoms with Crippen molar-refractivity contribution in [2.75, 3.05) is 6.54 Å². The Kier molecular flexibility index (Phi) is 4.45. The van der Waals surface area contributed by atoms with Crippen molar-refractivity contribution in [2.24, 2.45) is 5.41 Å². The Balaban J connectivity index is 2.35. The summed E-state index contributed by atoms with van der Waals surface area (Å²) < 4.78 is 0. The van der Waals surface area contributed by atoms with E-state index < -0.39 is 0 Å². The average Bonchev–Trinajstić information content (AvgIpc) is 2.23. The highest BCUT2D eigenvalue weighted by molar-refractivity contribution is 5.25. The average molecular weight is 217 g/mol. The number of hydrogen-bond donors (Lipinski definition) is 1. The molecule has 0 fully saturated rings. The molecule has 0 aliphatic rings. The van der Waals surface area contributed by atoms with Gasteiger partial charge in [-0.1, -0.05) is 20.8 Å². The zero-order chi connectivity index (χ0) is 12.0. The fourth-order valence-electron chi connectivity index (χ4n) is 1.34. The first-order valence-corrected chi connectivity index (χ1v) is 5.57. The van der Waals surface area contributed by atoms with E-state index in [1.165, 1.54) is 0 Å².